The molecule has 1 aliphatic heterocycles. The first-order valence-corrected chi connectivity index (χ1v) is 10.5. The van der Waals surface area contributed by atoms with E-state index in [0.717, 1.165) is 24.4 Å². The van der Waals surface area contributed by atoms with E-state index in [2.05, 4.69) is 27.7 Å². The van der Waals surface area contributed by atoms with E-state index in [0.29, 0.717) is 6.54 Å². The molecule has 1 fully saturated rings. The molecule has 0 spiro atoms. The van der Waals surface area contributed by atoms with Gasteiger partial charge in [-0.1, -0.05) is 42.5 Å². The van der Waals surface area contributed by atoms with Crippen LogP contribution < -0.4 is 15.4 Å². The van der Waals surface area contributed by atoms with E-state index < -0.39 is 0 Å². The average molecular weight is 410 g/mol. The van der Waals surface area contributed by atoms with Gasteiger partial charge in [0, 0.05) is 13.5 Å². The SMILES string of the molecule is COc1ccc([C@@H](CNC(=O)C[C@H](NC(C)=O)c2ccccc2)N2CCCC2)cc1. The van der Waals surface area contributed by atoms with Crippen molar-refractivity contribution in [1.29, 1.82) is 0 Å². The Bertz CT molecular complexity index is 817. The zero-order chi connectivity index (χ0) is 21.3. The van der Waals surface area contributed by atoms with E-state index in [1.165, 1.54) is 25.3 Å². The summed E-state index contributed by atoms with van der Waals surface area (Å²) in [7, 11) is 1.66. The third-order valence-corrected chi connectivity index (χ3v) is 5.54. The van der Waals surface area contributed by atoms with Gasteiger partial charge in [-0.25, -0.2) is 0 Å². The molecule has 1 aliphatic rings. The number of ether oxygens (including phenoxy) is 1. The van der Waals surface area contributed by atoms with Crippen molar-refractivity contribution in [1.82, 2.24) is 15.5 Å². The summed E-state index contributed by atoms with van der Waals surface area (Å²) < 4.78 is 5.27. The second-order valence-corrected chi connectivity index (χ2v) is 7.70. The van der Waals surface area contributed by atoms with Crippen LogP contribution in [-0.4, -0.2) is 43.5 Å². The molecular formula is C24H31N3O3. The summed E-state index contributed by atoms with van der Waals surface area (Å²) in [6.45, 7) is 4.07. The quantitative estimate of drug-likeness (QED) is 0.667. The number of benzene rings is 2. The minimum absolute atomic E-state index is 0.0738. The van der Waals surface area contributed by atoms with E-state index in [4.69, 9.17) is 4.74 Å². The van der Waals surface area contributed by atoms with Crippen molar-refractivity contribution in [2.24, 2.45) is 0 Å². The molecule has 2 atom stereocenters. The van der Waals surface area contributed by atoms with Crippen LogP contribution in [0.5, 0.6) is 5.75 Å². The first-order chi connectivity index (χ1) is 14.6. The molecular weight excluding hydrogens is 378 g/mol. The Morgan fingerprint density at radius 3 is 2.27 bits per heavy atom. The highest BCUT2D eigenvalue weighted by molar-refractivity contribution is 5.79. The van der Waals surface area contributed by atoms with Gasteiger partial charge in [-0.3, -0.25) is 14.5 Å². The summed E-state index contributed by atoms with van der Waals surface area (Å²) in [6.07, 6.45) is 2.57. The number of hydrogen-bond donors (Lipinski definition) is 2. The van der Waals surface area contributed by atoms with Crippen LogP contribution in [0.1, 0.15) is 49.4 Å². The maximum absolute atomic E-state index is 12.8. The number of likely N-dealkylation sites (tertiary alicyclic amines) is 1. The zero-order valence-corrected chi connectivity index (χ0v) is 17.8. The van der Waals surface area contributed by atoms with Crippen LogP contribution in [0, 0.1) is 0 Å². The first kappa shape index (κ1) is 21.8. The fourth-order valence-corrected chi connectivity index (χ4v) is 3.99. The lowest BCUT2D eigenvalue weighted by Crippen LogP contribution is -2.38. The summed E-state index contributed by atoms with van der Waals surface area (Å²) in [4.78, 5) is 26.8. The highest BCUT2D eigenvalue weighted by Gasteiger charge is 2.25. The van der Waals surface area contributed by atoms with Crippen LogP contribution >= 0.6 is 0 Å². The van der Waals surface area contributed by atoms with Gasteiger partial charge in [0.25, 0.3) is 0 Å². The number of carbonyl (C=O) groups excluding carboxylic acids is 2. The van der Waals surface area contributed by atoms with Crippen LogP contribution in [0.4, 0.5) is 0 Å². The average Bonchev–Trinajstić information content (AvgIpc) is 3.29. The molecule has 2 aromatic rings. The summed E-state index contributed by atoms with van der Waals surface area (Å²) in [5, 5.41) is 5.99. The van der Waals surface area contributed by atoms with Crippen molar-refractivity contribution >= 4 is 11.8 Å². The van der Waals surface area contributed by atoms with Gasteiger partial charge in [0.05, 0.1) is 25.6 Å². The van der Waals surface area contributed by atoms with Crippen molar-refractivity contribution in [3.05, 3.63) is 65.7 Å². The van der Waals surface area contributed by atoms with E-state index >= 15 is 0 Å². The van der Waals surface area contributed by atoms with Crippen molar-refractivity contribution < 1.29 is 14.3 Å². The van der Waals surface area contributed by atoms with Crippen LogP contribution in [0.15, 0.2) is 54.6 Å². The molecule has 0 bridgehead atoms. The molecule has 1 heterocycles. The number of nitrogens with one attached hydrogen (secondary N) is 2. The van der Waals surface area contributed by atoms with Crippen molar-refractivity contribution in [2.75, 3.05) is 26.7 Å². The Morgan fingerprint density at radius 1 is 1.00 bits per heavy atom. The molecule has 2 amide bonds. The molecule has 1 saturated heterocycles. The number of rotatable bonds is 9. The highest BCUT2D eigenvalue weighted by atomic mass is 16.5. The van der Waals surface area contributed by atoms with Gasteiger partial charge in [-0.2, -0.15) is 0 Å². The molecule has 0 saturated carbocycles. The maximum atomic E-state index is 12.8. The number of methoxy groups -OCH3 is 1. The van der Waals surface area contributed by atoms with E-state index in [1.54, 1.807) is 7.11 Å². The Morgan fingerprint density at radius 2 is 1.67 bits per heavy atom. The molecule has 2 N–H and O–H groups in total. The van der Waals surface area contributed by atoms with Gasteiger partial charge in [0.2, 0.25) is 11.8 Å². The minimum atomic E-state index is -0.338. The van der Waals surface area contributed by atoms with Crippen LogP contribution in [0.25, 0.3) is 0 Å². The Hall–Kier alpha value is -2.86. The summed E-state index contributed by atoms with van der Waals surface area (Å²) in [5.41, 5.74) is 2.09. The van der Waals surface area contributed by atoms with Gasteiger partial charge >= 0.3 is 0 Å². The molecule has 3 rings (SSSR count). The fourth-order valence-electron chi connectivity index (χ4n) is 3.99. The third kappa shape index (κ3) is 6.07. The highest BCUT2D eigenvalue weighted by Crippen LogP contribution is 2.26. The number of hydrogen-bond acceptors (Lipinski definition) is 4. The first-order valence-electron chi connectivity index (χ1n) is 10.5. The lowest BCUT2D eigenvalue weighted by Gasteiger charge is -2.28. The minimum Gasteiger partial charge on any atom is -0.497 e. The molecule has 160 valence electrons. The largest absolute Gasteiger partial charge is 0.497 e. The van der Waals surface area contributed by atoms with Crippen LogP contribution in [-0.2, 0) is 9.59 Å². The third-order valence-electron chi connectivity index (χ3n) is 5.54. The lowest BCUT2D eigenvalue weighted by molar-refractivity contribution is -0.123. The monoisotopic (exact) mass is 409 g/mol. The van der Waals surface area contributed by atoms with E-state index in [1.807, 2.05) is 42.5 Å². The molecule has 0 unspecified atom stereocenters. The normalized spacial score (nSPS) is 15.9. The van der Waals surface area contributed by atoms with Crippen molar-refractivity contribution in [2.45, 2.75) is 38.3 Å². The molecule has 2 aromatic carbocycles. The Balaban J connectivity index is 1.66. The lowest BCUT2D eigenvalue weighted by atomic mass is 10.0. The molecule has 30 heavy (non-hydrogen) atoms. The van der Waals surface area contributed by atoms with Gasteiger partial charge in [0.1, 0.15) is 5.75 Å². The second kappa shape index (κ2) is 10.8. The van der Waals surface area contributed by atoms with Gasteiger partial charge < -0.3 is 15.4 Å². The molecule has 6 nitrogen and oxygen atoms in total. The maximum Gasteiger partial charge on any atom is 0.222 e. The number of nitrogens with zero attached hydrogens (tertiary/aromatic N) is 1. The standard InChI is InChI=1S/C24H31N3O3/c1-18(28)26-22(19-8-4-3-5-9-19)16-24(29)25-17-23(27-14-6-7-15-27)20-10-12-21(30-2)13-11-20/h3-5,8-13,22-23H,6-7,14-17H2,1-2H3,(H,25,29)(H,26,28)/t22-,23+/m0/s1. The molecule has 6 heteroatoms. The van der Waals surface area contributed by atoms with E-state index in [9.17, 15) is 9.59 Å². The smallest absolute Gasteiger partial charge is 0.222 e. The molecule has 0 radical (unpaired) electrons. The Kier molecular flexibility index (Phi) is 7.85. The summed E-state index contributed by atoms with van der Waals surface area (Å²) in [5.74, 6) is 0.601. The van der Waals surface area contributed by atoms with Crippen LogP contribution in [0.2, 0.25) is 0 Å². The number of carbonyl (C=O) groups is 2. The van der Waals surface area contributed by atoms with Crippen LogP contribution in [0.3, 0.4) is 0 Å². The molecule has 0 aliphatic carbocycles. The summed E-state index contributed by atoms with van der Waals surface area (Å²) in [6, 6.07) is 17.4. The Labute approximate surface area is 178 Å². The van der Waals surface area contributed by atoms with Gasteiger partial charge in [-0.05, 0) is 49.2 Å². The topological polar surface area (TPSA) is 70.7 Å². The number of amides is 2. The fraction of sp³-hybridized carbons (Fsp3) is 0.417. The van der Waals surface area contributed by atoms with Crippen molar-refractivity contribution in [3.8, 4) is 5.75 Å². The summed E-state index contributed by atoms with van der Waals surface area (Å²) >= 11 is 0. The van der Waals surface area contributed by atoms with Gasteiger partial charge in [0.15, 0.2) is 0 Å². The predicted octanol–water partition coefficient (Wildman–Crippen LogP) is 3.22. The zero-order valence-electron chi connectivity index (χ0n) is 17.8. The van der Waals surface area contributed by atoms with Crippen molar-refractivity contribution in [3.63, 3.8) is 0 Å². The van der Waals surface area contributed by atoms with Gasteiger partial charge in [-0.15, -0.1) is 0 Å². The predicted molar refractivity (Wildman–Crippen MR) is 117 cm³/mol. The molecule has 0 aromatic heterocycles. The second-order valence-electron chi connectivity index (χ2n) is 7.70. The van der Waals surface area contributed by atoms with E-state index in [-0.39, 0.29) is 30.3 Å².